The number of rotatable bonds is 9. The second-order valence-corrected chi connectivity index (χ2v) is 18.3. The average molecular weight is 1060 g/mol. The summed E-state index contributed by atoms with van der Waals surface area (Å²) in [5.41, 5.74) is 5.91. The van der Waals surface area contributed by atoms with Crippen LogP contribution < -0.4 is 5.73 Å². The highest BCUT2D eigenvalue weighted by Crippen LogP contribution is 2.38. The number of ether oxygens (including phenoxy) is 13. The summed E-state index contributed by atoms with van der Waals surface area (Å²) in [6.45, 7) is -4.67. The van der Waals surface area contributed by atoms with E-state index in [-0.39, 0.29) is 6.42 Å². The molecule has 72 heavy (non-hydrogen) atoms. The fraction of sp³-hybridized carbons (Fsp3) is 0.975. The van der Waals surface area contributed by atoms with Gasteiger partial charge in [-0.3, -0.25) is 4.79 Å². The van der Waals surface area contributed by atoms with Crippen LogP contribution in [0.2, 0.25) is 0 Å². The first kappa shape index (κ1) is 58.0. The molecule has 22 aliphatic heterocycles. The van der Waals surface area contributed by atoms with Gasteiger partial charge in [-0.1, -0.05) is 6.92 Å². The summed E-state index contributed by atoms with van der Waals surface area (Å²) in [6, 6.07) is -1.32. The number of carbonyl (C=O) groups is 1. The number of nitrogens with two attached hydrogens (primary N) is 1. The lowest BCUT2D eigenvalue weighted by Gasteiger charge is -2.51. The zero-order valence-corrected chi connectivity index (χ0v) is 38.2. The van der Waals surface area contributed by atoms with Crippen LogP contribution >= 0.6 is 0 Å². The van der Waals surface area contributed by atoms with Gasteiger partial charge in [-0.05, 0) is 6.42 Å². The second-order valence-electron chi connectivity index (χ2n) is 18.3. The smallest absolute Gasteiger partial charge is 0.323 e. The molecule has 22 fully saturated rings. The maximum absolute atomic E-state index is 13.2. The van der Waals surface area contributed by atoms with Gasteiger partial charge in [0.25, 0.3) is 0 Å². The first-order valence-electron chi connectivity index (χ1n) is 23.2. The van der Waals surface area contributed by atoms with E-state index in [1.165, 1.54) is 6.92 Å². The number of aliphatic hydroxyl groups is 17. The van der Waals surface area contributed by atoms with Crippen molar-refractivity contribution in [3.63, 3.8) is 0 Å². The molecular formula is C40H67NO31. The Morgan fingerprint density at radius 3 is 0.792 bits per heavy atom. The van der Waals surface area contributed by atoms with Crippen molar-refractivity contribution < 1.29 is 153 Å². The lowest BCUT2D eigenvalue weighted by atomic mass is 9.94. The summed E-state index contributed by atoms with van der Waals surface area (Å²) in [7, 11) is 0. The quantitative estimate of drug-likeness (QED) is 0.0954. The molecule has 22 aliphatic rings. The Morgan fingerprint density at radius 1 is 0.361 bits per heavy atom. The van der Waals surface area contributed by atoms with Crippen molar-refractivity contribution in [1.82, 2.24) is 0 Å². The lowest BCUT2D eigenvalue weighted by molar-refractivity contribution is -0.404. The van der Waals surface area contributed by atoms with Crippen LogP contribution in [-0.4, -0.2) is 323 Å². The third-order valence-corrected chi connectivity index (χ3v) is 13.6. The molecule has 0 aliphatic carbocycles. The number of hydrogen-bond acceptors (Lipinski definition) is 32. The van der Waals surface area contributed by atoms with Gasteiger partial charge in [0.2, 0.25) is 0 Å². The number of hydrogen-bond donors (Lipinski definition) is 18. The molecule has 418 valence electrons. The molecule has 0 aromatic heterocycles. The monoisotopic (exact) mass is 1060 g/mol. The Hall–Kier alpha value is -1.73. The van der Waals surface area contributed by atoms with E-state index in [0.29, 0.717) is 0 Å². The predicted octanol–water partition coefficient (Wildman–Crippen LogP) is -12.8. The van der Waals surface area contributed by atoms with E-state index in [1.807, 2.05) is 0 Å². The summed E-state index contributed by atoms with van der Waals surface area (Å²) >= 11 is 0. The van der Waals surface area contributed by atoms with Crippen LogP contribution in [-0.2, 0) is 66.4 Å². The van der Waals surface area contributed by atoms with E-state index in [0.717, 1.165) is 0 Å². The van der Waals surface area contributed by atoms with Crippen LogP contribution in [0.4, 0.5) is 0 Å². The van der Waals surface area contributed by atoms with Gasteiger partial charge in [-0.15, -0.1) is 0 Å². The first-order chi connectivity index (χ1) is 34.3. The van der Waals surface area contributed by atoms with Gasteiger partial charge in [0, 0.05) is 0 Å². The lowest BCUT2D eigenvalue weighted by Crippen LogP contribution is -2.69. The van der Waals surface area contributed by atoms with Gasteiger partial charge in [0.05, 0.1) is 39.6 Å². The Labute approximate surface area is 407 Å². The molecule has 32 heteroatoms. The van der Waals surface area contributed by atoms with E-state index in [9.17, 15) is 91.6 Å². The fourth-order valence-corrected chi connectivity index (χ4v) is 9.44. The number of aliphatic hydroxyl groups excluding tert-OH is 17. The van der Waals surface area contributed by atoms with Gasteiger partial charge < -0.3 is 154 Å². The van der Waals surface area contributed by atoms with E-state index in [2.05, 4.69) is 0 Å². The molecule has 0 aromatic rings. The van der Waals surface area contributed by atoms with Gasteiger partial charge >= 0.3 is 5.97 Å². The molecule has 12 bridgehead atoms. The molecule has 0 aromatic carbocycles. The van der Waals surface area contributed by atoms with E-state index in [1.54, 1.807) is 0 Å². The molecule has 0 amide bonds. The van der Waals surface area contributed by atoms with Crippen LogP contribution in [0.15, 0.2) is 0 Å². The zero-order valence-electron chi connectivity index (χ0n) is 38.2. The molecule has 0 saturated carbocycles. The predicted molar refractivity (Wildman–Crippen MR) is 218 cm³/mol. The summed E-state index contributed by atoms with van der Waals surface area (Å²) in [4.78, 5) is 13.2. The Balaban J connectivity index is 1.23. The van der Waals surface area contributed by atoms with Crippen LogP contribution in [0.1, 0.15) is 13.3 Å². The van der Waals surface area contributed by atoms with E-state index < -0.39 is 236 Å². The minimum Gasteiger partial charge on any atom is -0.455 e. The topological polar surface area (TPSA) is 507 Å². The van der Waals surface area contributed by atoms with Crippen molar-refractivity contribution in [2.24, 2.45) is 5.73 Å². The number of esters is 1. The van der Waals surface area contributed by atoms with E-state index in [4.69, 9.17) is 67.3 Å². The Kier molecular flexibility index (Phi) is 19.9. The molecule has 1 unspecified atom stereocenters. The van der Waals surface area contributed by atoms with Crippen LogP contribution in [0.3, 0.4) is 0 Å². The van der Waals surface area contributed by atoms with Crippen LogP contribution in [0.25, 0.3) is 0 Å². The summed E-state index contributed by atoms with van der Waals surface area (Å²) < 4.78 is 74.4. The highest BCUT2D eigenvalue weighted by atomic mass is 16.8. The maximum atomic E-state index is 13.2. The highest BCUT2D eigenvalue weighted by molar-refractivity contribution is 5.75. The molecule has 0 spiro atoms. The number of carbonyl (C=O) groups excluding carboxylic acids is 1. The van der Waals surface area contributed by atoms with Crippen molar-refractivity contribution in [1.29, 1.82) is 0 Å². The Bertz CT molecular complexity index is 1700. The van der Waals surface area contributed by atoms with Gasteiger partial charge in [-0.2, -0.15) is 0 Å². The summed E-state index contributed by atoms with van der Waals surface area (Å²) in [5.74, 6) is -1.15. The Morgan fingerprint density at radius 2 is 0.569 bits per heavy atom. The van der Waals surface area contributed by atoms with Crippen molar-refractivity contribution in [2.75, 3.05) is 39.6 Å². The minimum absolute atomic E-state index is 0.00139. The zero-order chi connectivity index (χ0) is 52.6. The maximum Gasteiger partial charge on any atom is 0.323 e. The van der Waals surface area contributed by atoms with Gasteiger partial charge in [0.1, 0.15) is 146 Å². The second kappa shape index (κ2) is 24.7. The van der Waals surface area contributed by atoms with Crippen molar-refractivity contribution >= 4 is 5.97 Å². The van der Waals surface area contributed by atoms with Crippen molar-refractivity contribution in [3.05, 3.63) is 0 Å². The summed E-state index contributed by atoms with van der Waals surface area (Å²) in [6.07, 6.45) is -59.6. The molecule has 22 saturated heterocycles. The van der Waals surface area contributed by atoms with Crippen molar-refractivity contribution in [3.8, 4) is 0 Å². The fourth-order valence-electron chi connectivity index (χ4n) is 9.44. The summed E-state index contributed by atoms with van der Waals surface area (Å²) in [5, 5.41) is 187. The third-order valence-electron chi connectivity index (χ3n) is 13.6. The average Bonchev–Trinajstić information content (AvgIpc) is 3.37. The van der Waals surface area contributed by atoms with E-state index >= 15 is 0 Å². The van der Waals surface area contributed by atoms with Gasteiger partial charge in [0.15, 0.2) is 43.8 Å². The standard InChI is InChI=1S/C40H67NO31/c1-2-9(41)34(59)66-33-26(58)40-65-15(8-47)32(33)72-39-25(57)20(52)30(13(6-45)64-39)70-37-23(55)18(50)28(11(4-43)62-37)68-35-21(53)16(48)27(10(3-42)60-35)67-36-22(54)17(49)29(12(5-44)61-36)69-38-24(56)19(51)31(71-40)14(7-46)63-38/h9-33,35-40,42-58H,2-8,41H2,1H3/t9?,10-,11-,12-,13-,14-,15-,16-,17-,18-,19-,20-,21-,22-,23-,24-,25-,26-,27-,28-,29-,30-,31-,32+,33-,35-,36-,37-,38-,39-,40-/m1/s1. The molecule has 19 N–H and O–H groups in total. The molecular weight excluding hydrogens is 990 g/mol. The molecule has 22 rings (SSSR count). The molecule has 32 nitrogen and oxygen atoms in total. The van der Waals surface area contributed by atoms with Crippen molar-refractivity contribution in [2.45, 2.75) is 204 Å². The van der Waals surface area contributed by atoms with Gasteiger partial charge in [-0.25, -0.2) is 0 Å². The van der Waals surface area contributed by atoms with Crippen LogP contribution in [0.5, 0.6) is 0 Å². The minimum atomic E-state index is -2.22. The largest absolute Gasteiger partial charge is 0.455 e. The first-order valence-corrected chi connectivity index (χ1v) is 23.2. The highest BCUT2D eigenvalue weighted by Gasteiger charge is 2.59. The SMILES string of the molecule is CCC(N)C(=O)O[C@@H]1[C@@H](O)[C@H]2O[C@H]3[C@H](O)[C@@H](O)[C@@H](O[C@H]4[C@H](O)[C@@H](O)[C@@H](O[C@H]5[C@H](O)[C@@H](O)[C@@H](O[C@H]6[C@H](O)[C@@H](O)[C@@H](O[C@H]7[C@H](O)[C@@H](O)[C@@H](O[C@H]1[C@@H](CO)O2)O[C@@H]7CO)O[C@@H]6CO)O[C@@H]5CO)O[C@@H]4CO)O[C@@H]3CO. The normalized spacial score (nSPS) is 52.1. The van der Waals surface area contributed by atoms with Crippen LogP contribution in [0, 0.1) is 0 Å². The molecule has 22 heterocycles. The molecule has 31 atom stereocenters. The third kappa shape index (κ3) is 11.4. The molecule has 0 radical (unpaired) electrons.